The Kier molecular flexibility index (Phi) is 19.7. The molecule has 20 aromatic rings. The molecule has 4 aliphatic rings. The average molecular weight is 1630 g/mol. The molecule has 24 rings (SSSR count). The number of nitrogens with zero attached hydrogens (tertiary/aromatic N) is 12. The number of fused-ring (bicyclic) bond motifs is 12. The normalized spacial score (nSPS) is 13.3. The number of rotatable bonds is 8. The lowest BCUT2D eigenvalue weighted by atomic mass is 9.73. The van der Waals surface area contributed by atoms with E-state index < -0.39 is 8.07 Å². The van der Waals surface area contributed by atoms with E-state index >= 15 is 0 Å². The Morgan fingerprint density at radius 3 is 0.863 bits per heavy atom. The van der Waals surface area contributed by atoms with Crippen LogP contribution in [0.4, 0.5) is 68.2 Å². The first-order chi connectivity index (χ1) is 61.0. The number of hydrogen-bond donors (Lipinski definition) is 0. The van der Waals surface area contributed by atoms with Crippen LogP contribution in [0.5, 0.6) is 11.5 Å². The van der Waals surface area contributed by atoms with Crippen molar-refractivity contribution in [3.63, 3.8) is 0 Å². The molecule has 0 fully saturated rings. The Morgan fingerprint density at radius 1 is 0.258 bits per heavy atom. The molecule has 592 valence electrons. The highest BCUT2D eigenvalue weighted by Crippen LogP contribution is 2.55. The Bertz CT molecular complexity index is 6820. The Morgan fingerprint density at radius 2 is 0.516 bits per heavy atom. The van der Waals surface area contributed by atoms with Crippen LogP contribution in [0.3, 0.4) is 0 Å². The van der Waals surface area contributed by atoms with Gasteiger partial charge in [-0.1, -0.05) is 281 Å². The van der Waals surface area contributed by atoms with Crippen LogP contribution in [0.1, 0.15) is 25.0 Å². The zero-order chi connectivity index (χ0) is 83.2. The van der Waals surface area contributed by atoms with Gasteiger partial charge in [0.1, 0.15) is 8.07 Å². The van der Waals surface area contributed by atoms with Crippen molar-refractivity contribution in [2.24, 2.45) is 0 Å². The van der Waals surface area contributed by atoms with Gasteiger partial charge in [0.15, 0.2) is 34.8 Å². The van der Waals surface area contributed by atoms with E-state index in [2.05, 4.69) is 309 Å². The van der Waals surface area contributed by atoms with Crippen molar-refractivity contribution in [3.8, 4) is 57.1 Å². The third-order valence-electron chi connectivity index (χ3n) is 23.6. The van der Waals surface area contributed by atoms with E-state index in [0.29, 0.717) is 0 Å². The molecular formula is C109H80N12OSSi. The van der Waals surface area contributed by atoms with Gasteiger partial charge in [-0.3, -0.25) is 0 Å². The third-order valence-corrected chi connectivity index (χ3v) is 28.2. The van der Waals surface area contributed by atoms with E-state index in [0.717, 1.165) is 135 Å². The zero-order valence-corrected chi connectivity index (χ0v) is 70.3. The predicted molar refractivity (Wildman–Crippen MR) is 512 cm³/mol. The quantitative estimate of drug-likeness (QED) is 0.134. The standard InChI is InChI=1S/C29H23N3.C28H23N3Si.C26H17N3O.C26H17N3S/c1-29(2)23-12-6-8-14-26(23)32(27-15-9-7-13-24(27)29)22-17-16-21-19-30-28(31-25(21)18-22)20-10-4-3-5-11-20;1-32(2)26-14-8-6-12-24(26)31(25-13-7-9-15-27(25)32)22-17-16-21-19-29-28(30-23(21)18-22)20-10-4-3-5-11-20;2*1-2-8-18(9-3-1)26-27-17-19-14-15-20(16-21(19)28-26)29-22-10-4-6-12-24(22)30-25-13-7-5-11-23(25)29/h2*3-19H,1-2H3;2*1-17H. The molecule has 8 heterocycles. The van der Waals surface area contributed by atoms with Crippen LogP contribution < -0.4 is 34.7 Å². The summed E-state index contributed by atoms with van der Waals surface area (Å²) in [4.78, 5) is 49.6. The highest BCUT2D eigenvalue weighted by Gasteiger charge is 2.40. The van der Waals surface area contributed by atoms with Gasteiger partial charge in [-0.2, -0.15) is 0 Å². The average Bonchev–Trinajstić information content (AvgIpc) is 0.719. The summed E-state index contributed by atoms with van der Waals surface area (Å²) in [6, 6.07) is 135. The molecule has 0 unspecified atom stereocenters. The number of para-hydroxylation sites is 10. The molecule has 4 aliphatic heterocycles. The Balaban J connectivity index is 0.000000101. The number of hydrogen-bond acceptors (Lipinski definition) is 14. The van der Waals surface area contributed by atoms with Gasteiger partial charge < -0.3 is 24.3 Å². The molecule has 0 spiro atoms. The summed E-state index contributed by atoms with van der Waals surface area (Å²) in [5, 5.41) is 7.05. The Labute approximate surface area is 724 Å². The first-order valence-corrected chi connectivity index (χ1v) is 45.4. The molecule has 0 radical (unpaired) electrons. The molecule has 0 aliphatic carbocycles. The number of anilines is 12. The summed E-state index contributed by atoms with van der Waals surface area (Å²) in [7, 11) is -1.78. The van der Waals surface area contributed by atoms with Crippen LogP contribution in [0, 0.1) is 0 Å². The molecule has 4 aromatic heterocycles. The molecule has 16 aromatic carbocycles. The SMILES string of the molecule is CC1(C)c2ccccc2N(c2ccc3cnc(-c4ccccc4)nc3c2)c2ccccc21.C[Si]1(C)c2ccccc2N(c2ccc3cnc(-c4ccccc4)nc3c2)c2ccccc21.c1ccc(-c2ncc3ccc(N4c5ccccc5Oc5ccccc54)cc3n2)cc1.c1ccc(-c2ncc3ccc(N4c5ccccc5Sc5ccccc54)cc3n2)cc1. The van der Waals surface area contributed by atoms with E-state index in [4.69, 9.17) is 24.7 Å². The lowest BCUT2D eigenvalue weighted by Gasteiger charge is -2.42. The summed E-state index contributed by atoms with van der Waals surface area (Å²) in [5.74, 6) is 4.64. The molecule has 0 N–H and O–H groups in total. The highest BCUT2D eigenvalue weighted by molar-refractivity contribution is 7.99. The van der Waals surface area contributed by atoms with Crippen molar-refractivity contribution < 1.29 is 4.74 Å². The van der Waals surface area contributed by atoms with E-state index in [1.807, 2.05) is 182 Å². The summed E-state index contributed by atoms with van der Waals surface area (Å²) in [6.07, 6.45) is 7.62. The lowest BCUT2D eigenvalue weighted by Crippen LogP contribution is -2.58. The maximum atomic E-state index is 6.13. The van der Waals surface area contributed by atoms with Gasteiger partial charge in [-0.05, 0) is 167 Å². The summed E-state index contributed by atoms with van der Waals surface area (Å²) in [5.41, 5.74) is 24.1. The fourth-order valence-electron chi connectivity index (χ4n) is 17.4. The summed E-state index contributed by atoms with van der Waals surface area (Å²) in [6.45, 7) is 9.51. The topological polar surface area (TPSA) is 125 Å². The minimum absolute atomic E-state index is 0.0663. The van der Waals surface area contributed by atoms with Crippen LogP contribution in [0.15, 0.2) is 423 Å². The largest absolute Gasteiger partial charge is 0.453 e. The predicted octanol–water partition coefficient (Wildman–Crippen LogP) is 27.4. The first kappa shape index (κ1) is 75.9. The van der Waals surface area contributed by atoms with Gasteiger partial charge in [0.05, 0.1) is 56.2 Å². The fraction of sp³-hybridized carbons (Fsp3) is 0.0459. The molecule has 124 heavy (non-hydrogen) atoms. The molecule has 0 bridgehead atoms. The molecule has 13 nitrogen and oxygen atoms in total. The molecule has 0 saturated carbocycles. The van der Waals surface area contributed by atoms with Gasteiger partial charge in [-0.25, -0.2) is 39.9 Å². The molecule has 15 heteroatoms. The minimum atomic E-state index is -1.78. The monoisotopic (exact) mass is 1630 g/mol. The number of benzene rings is 16. The van der Waals surface area contributed by atoms with Gasteiger partial charge >= 0.3 is 0 Å². The van der Waals surface area contributed by atoms with E-state index in [1.165, 1.54) is 65.4 Å². The van der Waals surface area contributed by atoms with Crippen LogP contribution >= 0.6 is 11.8 Å². The second-order valence-electron chi connectivity index (χ2n) is 31.9. The summed E-state index contributed by atoms with van der Waals surface area (Å²) < 4.78 is 6.13. The molecule has 0 amide bonds. The lowest BCUT2D eigenvalue weighted by molar-refractivity contribution is 0.477. The summed E-state index contributed by atoms with van der Waals surface area (Å²) >= 11 is 1.82. The zero-order valence-electron chi connectivity index (χ0n) is 68.4. The van der Waals surface area contributed by atoms with Gasteiger partial charge in [0.2, 0.25) is 0 Å². The molecular weight excluding hydrogens is 1550 g/mol. The van der Waals surface area contributed by atoms with Crippen molar-refractivity contribution >= 4 is 142 Å². The highest BCUT2D eigenvalue weighted by atomic mass is 32.2. The van der Waals surface area contributed by atoms with Crippen molar-refractivity contribution in [2.75, 3.05) is 19.6 Å². The van der Waals surface area contributed by atoms with Crippen LogP contribution in [-0.4, -0.2) is 47.9 Å². The fourth-order valence-corrected chi connectivity index (χ4v) is 21.4. The van der Waals surface area contributed by atoms with Crippen LogP contribution in [-0.2, 0) is 5.41 Å². The minimum Gasteiger partial charge on any atom is -0.453 e. The van der Waals surface area contributed by atoms with Crippen LogP contribution in [0.2, 0.25) is 13.1 Å². The third kappa shape index (κ3) is 14.2. The van der Waals surface area contributed by atoms with Gasteiger partial charge in [0, 0.05) is 118 Å². The first-order valence-electron chi connectivity index (χ1n) is 41.6. The van der Waals surface area contributed by atoms with Crippen LogP contribution in [0.25, 0.3) is 89.2 Å². The smallest absolute Gasteiger partial charge is 0.159 e. The maximum absolute atomic E-state index is 6.13. The molecule has 0 saturated heterocycles. The van der Waals surface area contributed by atoms with Crippen molar-refractivity contribution in [1.82, 2.24) is 39.9 Å². The van der Waals surface area contributed by atoms with Gasteiger partial charge in [0.25, 0.3) is 0 Å². The second-order valence-corrected chi connectivity index (χ2v) is 37.4. The number of aromatic nitrogens is 8. The Hall–Kier alpha value is -15.6. The van der Waals surface area contributed by atoms with Crippen molar-refractivity contribution in [2.45, 2.75) is 42.1 Å². The van der Waals surface area contributed by atoms with Crippen molar-refractivity contribution in [1.29, 1.82) is 0 Å². The van der Waals surface area contributed by atoms with Crippen molar-refractivity contribution in [3.05, 3.63) is 424 Å². The van der Waals surface area contributed by atoms with Gasteiger partial charge in [-0.15, -0.1) is 0 Å². The second kappa shape index (κ2) is 32.2. The van der Waals surface area contributed by atoms with E-state index in [-0.39, 0.29) is 5.41 Å². The van der Waals surface area contributed by atoms with E-state index in [9.17, 15) is 0 Å². The van der Waals surface area contributed by atoms with E-state index in [1.54, 1.807) is 0 Å². The maximum Gasteiger partial charge on any atom is 0.159 e. The number of ether oxygens (including phenoxy) is 1. The molecule has 0 atom stereocenters.